The Labute approximate surface area is 203 Å². The number of nitrogens with one attached hydrogen (secondary N) is 2. The van der Waals surface area contributed by atoms with Crippen molar-refractivity contribution in [2.45, 2.75) is 24.0 Å². The first-order valence-corrected chi connectivity index (χ1v) is 12.2. The van der Waals surface area contributed by atoms with E-state index in [9.17, 15) is 17.4 Å². The molecule has 2 N–H and O–H groups in total. The molecule has 1 atom stereocenters. The van der Waals surface area contributed by atoms with Gasteiger partial charge in [0.2, 0.25) is 5.95 Å². The highest BCUT2D eigenvalue weighted by Gasteiger charge is 2.35. The summed E-state index contributed by atoms with van der Waals surface area (Å²) < 4.78 is 52.3. The van der Waals surface area contributed by atoms with Crippen molar-refractivity contribution in [3.05, 3.63) is 102 Å². The molecule has 0 spiro atoms. The number of aromatic nitrogens is 3. The molecule has 2 aromatic heterocycles. The minimum Gasteiger partial charge on any atom is -0.365 e. The first kappa shape index (κ1) is 24.3. The van der Waals surface area contributed by atoms with E-state index in [1.165, 1.54) is 0 Å². The minimum absolute atomic E-state index is 0.0331. The Morgan fingerprint density at radius 3 is 2.34 bits per heavy atom. The Bertz CT molecular complexity index is 1310. The maximum Gasteiger partial charge on any atom is 0.421 e. The average Bonchev–Trinajstić information content (AvgIpc) is 2.84. The summed E-state index contributed by atoms with van der Waals surface area (Å²) in [6, 6.07) is 18.2. The maximum absolute atomic E-state index is 13.5. The second-order valence-corrected chi connectivity index (χ2v) is 9.14. The van der Waals surface area contributed by atoms with Crippen LogP contribution in [0, 0.1) is 0 Å². The van der Waals surface area contributed by atoms with Gasteiger partial charge < -0.3 is 10.6 Å². The molecule has 35 heavy (non-hydrogen) atoms. The lowest BCUT2D eigenvalue weighted by Crippen LogP contribution is -2.14. The van der Waals surface area contributed by atoms with Crippen LogP contribution in [0.1, 0.15) is 22.3 Å². The predicted octanol–water partition coefficient (Wildman–Crippen LogP) is 5.57. The molecule has 0 bridgehead atoms. The third kappa shape index (κ3) is 6.63. The predicted molar refractivity (Wildman–Crippen MR) is 130 cm³/mol. The third-order valence-electron chi connectivity index (χ3n) is 5.15. The molecule has 0 aliphatic carbocycles. The number of benzene rings is 2. The van der Waals surface area contributed by atoms with Crippen LogP contribution in [-0.2, 0) is 29.9 Å². The lowest BCUT2D eigenvalue weighted by molar-refractivity contribution is -0.137. The van der Waals surface area contributed by atoms with Crippen LogP contribution in [0.15, 0.2) is 84.1 Å². The molecule has 6 nitrogen and oxygen atoms in total. The highest BCUT2D eigenvalue weighted by atomic mass is 32.2. The summed E-state index contributed by atoms with van der Waals surface area (Å²) in [5.41, 5.74) is 2.56. The zero-order valence-corrected chi connectivity index (χ0v) is 19.5. The lowest BCUT2D eigenvalue weighted by Gasteiger charge is -2.15. The Kier molecular flexibility index (Phi) is 7.40. The number of alkyl halides is 3. The van der Waals surface area contributed by atoms with E-state index in [1.807, 2.05) is 36.4 Å². The molecule has 0 radical (unpaired) electrons. The standard InChI is InChI=1S/C25H22F3N5OS/c1-35(34)21-4-2-3-19(14-21)15-30-23-22(25(26,27)28)16-31-24(33-23)32-20-7-5-17(6-8-20)13-18-9-11-29-12-10-18/h2-12,14,16H,13,15H2,1H3,(H2,30,31,32,33). The van der Waals surface area contributed by atoms with Crippen LogP contribution in [0.3, 0.4) is 0 Å². The quantitative estimate of drug-likeness (QED) is 0.331. The van der Waals surface area contributed by atoms with Crippen molar-refractivity contribution in [2.75, 3.05) is 16.9 Å². The summed E-state index contributed by atoms with van der Waals surface area (Å²) in [5.74, 6) is -0.307. The van der Waals surface area contributed by atoms with E-state index in [0.29, 0.717) is 16.1 Å². The van der Waals surface area contributed by atoms with E-state index in [0.717, 1.165) is 23.7 Å². The van der Waals surface area contributed by atoms with Crippen LogP contribution >= 0.6 is 0 Å². The molecular formula is C25H22F3N5OS. The molecule has 0 saturated carbocycles. The number of hydrogen-bond acceptors (Lipinski definition) is 6. The molecule has 4 aromatic rings. The summed E-state index contributed by atoms with van der Waals surface area (Å²) in [4.78, 5) is 12.5. The highest BCUT2D eigenvalue weighted by molar-refractivity contribution is 7.84. The first-order chi connectivity index (χ1) is 16.8. The van der Waals surface area contributed by atoms with Gasteiger partial charge >= 0.3 is 6.18 Å². The van der Waals surface area contributed by atoms with Crippen LogP contribution in [0.25, 0.3) is 0 Å². The molecule has 0 aliphatic rings. The Balaban J connectivity index is 1.50. The number of rotatable bonds is 8. The topological polar surface area (TPSA) is 79.8 Å². The normalized spacial score (nSPS) is 12.2. The summed E-state index contributed by atoms with van der Waals surface area (Å²) >= 11 is 0. The van der Waals surface area contributed by atoms with E-state index < -0.39 is 22.5 Å². The van der Waals surface area contributed by atoms with Gasteiger partial charge in [-0.1, -0.05) is 24.3 Å². The second-order valence-electron chi connectivity index (χ2n) is 7.76. The van der Waals surface area contributed by atoms with Crippen molar-refractivity contribution in [1.82, 2.24) is 15.0 Å². The Hall–Kier alpha value is -3.79. The van der Waals surface area contributed by atoms with Crippen LogP contribution in [-0.4, -0.2) is 25.4 Å². The SMILES string of the molecule is CS(=O)c1cccc(CNc2nc(Nc3ccc(Cc4ccncc4)cc3)ncc2C(F)(F)F)c1. The van der Waals surface area contributed by atoms with Crippen molar-refractivity contribution in [2.24, 2.45) is 0 Å². The van der Waals surface area contributed by atoms with Crippen molar-refractivity contribution < 1.29 is 17.4 Å². The summed E-state index contributed by atoms with van der Waals surface area (Å²) in [6.45, 7) is 0.0777. The van der Waals surface area contributed by atoms with Gasteiger partial charge in [-0.05, 0) is 59.5 Å². The van der Waals surface area contributed by atoms with Gasteiger partial charge in [-0.2, -0.15) is 18.2 Å². The van der Waals surface area contributed by atoms with Gasteiger partial charge in [-0.3, -0.25) is 9.19 Å². The smallest absolute Gasteiger partial charge is 0.365 e. The number of nitrogens with zero attached hydrogens (tertiary/aromatic N) is 3. The van der Waals surface area contributed by atoms with Gasteiger partial charge in [0.05, 0.1) is 0 Å². The zero-order chi connectivity index (χ0) is 24.8. The lowest BCUT2D eigenvalue weighted by atomic mass is 10.1. The van der Waals surface area contributed by atoms with Crippen LogP contribution in [0.2, 0.25) is 0 Å². The van der Waals surface area contributed by atoms with E-state index in [1.54, 1.807) is 42.9 Å². The fraction of sp³-hybridized carbons (Fsp3) is 0.160. The van der Waals surface area contributed by atoms with Crippen molar-refractivity contribution in [1.29, 1.82) is 0 Å². The third-order valence-corrected chi connectivity index (χ3v) is 6.07. The zero-order valence-electron chi connectivity index (χ0n) is 18.7. The molecule has 0 fully saturated rings. The average molecular weight is 498 g/mol. The van der Waals surface area contributed by atoms with E-state index >= 15 is 0 Å². The van der Waals surface area contributed by atoms with Gasteiger partial charge in [0.25, 0.3) is 0 Å². The molecule has 10 heteroatoms. The monoisotopic (exact) mass is 497 g/mol. The summed E-state index contributed by atoms with van der Waals surface area (Å²) in [7, 11) is -1.19. The van der Waals surface area contributed by atoms with Crippen LogP contribution in [0.5, 0.6) is 0 Å². The number of anilines is 3. The second kappa shape index (κ2) is 10.6. The molecule has 0 aliphatic heterocycles. The fourth-order valence-electron chi connectivity index (χ4n) is 3.38. The largest absolute Gasteiger partial charge is 0.421 e. The summed E-state index contributed by atoms with van der Waals surface area (Å²) in [6.07, 6.45) is 1.89. The van der Waals surface area contributed by atoms with Gasteiger partial charge in [0.1, 0.15) is 11.4 Å². The van der Waals surface area contributed by atoms with Gasteiger partial charge in [-0.25, -0.2) is 4.98 Å². The first-order valence-electron chi connectivity index (χ1n) is 10.6. The van der Waals surface area contributed by atoms with Gasteiger partial charge in [0.15, 0.2) is 0 Å². The number of halogens is 3. The molecule has 1 unspecified atom stereocenters. The van der Waals surface area contributed by atoms with Crippen LogP contribution < -0.4 is 10.6 Å². The molecule has 180 valence electrons. The molecule has 4 rings (SSSR count). The Morgan fingerprint density at radius 2 is 1.66 bits per heavy atom. The number of hydrogen-bond donors (Lipinski definition) is 2. The summed E-state index contributed by atoms with van der Waals surface area (Å²) in [5, 5.41) is 5.71. The van der Waals surface area contributed by atoms with E-state index in [-0.39, 0.29) is 18.3 Å². The maximum atomic E-state index is 13.5. The molecule has 0 amide bonds. The van der Waals surface area contributed by atoms with Crippen LogP contribution in [0.4, 0.5) is 30.6 Å². The highest BCUT2D eigenvalue weighted by Crippen LogP contribution is 2.34. The molecule has 2 aromatic carbocycles. The number of pyridine rings is 1. The van der Waals surface area contributed by atoms with E-state index in [4.69, 9.17) is 0 Å². The minimum atomic E-state index is -4.62. The van der Waals surface area contributed by atoms with Gasteiger partial charge in [0, 0.05) is 52.8 Å². The Morgan fingerprint density at radius 1 is 0.943 bits per heavy atom. The van der Waals surface area contributed by atoms with Crippen molar-refractivity contribution in [3.63, 3.8) is 0 Å². The molecular weight excluding hydrogens is 475 g/mol. The van der Waals surface area contributed by atoms with Gasteiger partial charge in [-0.15, -0.1) is 0 Å². The molecule has 2 heterocycles. The van der Waals surface area contributed by atoms with Crippen molar-refractivity contribution in [3.8, 4) is 0 Å². The fourth-order valence-corrected chi connectivity index (χ4v) is 3.96. The van der Waals surface area contributed by atoms with Crippen molar-refractivity contribution >= 4 is 28.3 Å². The molecule has 0 saturated heterocycles. The van der Waals surface area contributed by atoms with E-state index in [2.05, 4.69) is 25.6 Å².